The van der Waals surface area contributed by atoms with Gasteiger partial charge in [0.1, 0.15) is 5.01 Å². The van der Waals surface area contributed by atoms with Crippen LogP contribution in [0.4, 0.5) is 5.69 Å². The van der Waals surface area contributed by atoms with Crippen molar-refractivity contribution in [2.24, 2.45) is 0 Å². The molecule has 0 unspecified atom stereocenters. The Morgan fingerprint density at radius 1 is 1.17 bits per heavy atom. The van der Waals surface area contributed by atoms with Crippen LogP contribution in [-0.2, 0) is 11.2 Å². The van der Waals surface area contributed by atoms with Crippen LogP contribution in [0, 0.1) is 0 Å². The van der Waals surface area contributed by atoms with E-state index in [0.717, 1.165) is 10.7 Å². The van der Waals surface area contributed by atoms with Gasteiger partial charge in [0.15, 0.2) is 0 Å². The molecule has 23 heavy (non-hydrogen) atoms. The molecule has 0 saturated carbocycles. The number of anilines is 1. The molecule has 1 aromatic carbocycles. The Morgan fingerprint density at radius 3 is 2.78 bits per heavy atom. The average Bonchev–Trinajstić information content (AvgIpc) is 3.00. The topological polar surface area (TPSA) is 54.9 Å². The van der Waals surface area contributed by atoms with Crippen molar-refractivity contribution in [1.82, 2.24) is 9.97 Å². The summed E-state index contributed by atoms with van der Waals surface area (Å²) in [6.45, 7) is 0. The molecule has 7 heteroatoms. The molecule has 3 aromatic rings. The van der Waals surface area contributed by atoms with Gasteiger partial charge in [0, 0.05) is 17.3 Å². The fraction of sp³-hybridized carbons (Fsp3) is 0.0625. The van der Waals surface area contributed by atoms with Crippen LogP contribution >= 0.6 is 34.5 Å². The van der Waals surface area contributed by atoms with Crippen molar-refractivity contribution in [2.45, 2.75) is 6.42 Å². The van der Waals surface area contributed by atoms with E-state index >= 15 is 0 Å². The molecule has 1 amide bonds. The molecule has 116 valence electrons. The molecule has 2 heterocycles. The lowest BCUT2D eigenvalue weighted by Gasteiger charge is -2.05. The van der Waals surface area contributed by atoms with Crippen molar-refractivity contribution in [3.8, 4) is 10.7 Å². The number of pyridine rings is 1. The van der Waals surface area contributed by atoms with Gasteiger partial charge in [-0.1, -0.05) is 29.3 Å². The van der Waals surface area contributed by atoms with Gasteiger partial charge < -0.3 is 5.32 Å². The lowest BCUT2D eigenvalue weighted by atomic mass is 10.3. The normalized spacial score (nSPS) is 10.5. The largest absolute Gasteiger partial charge is 0.326 e. The first-order chi connectivity index (χ1) is 11.1. The van der Waals surface area contributed by atoms with Crippen molar-refractivity contribution >= 4 is 46.1 Å². The standard InChI is InChI=1S/C16H11Cl2N3OS/c17-12-5-4-10(7-13(12)18)20-15(22)8-11-9-23-16(21-11)14-3-1-2-6-19-14/h1-7,9H,8H2,(H,20,22). The molecule has 0 aliphatic carbocycles. The van der Waals surface area contributed by atoms with Crippen LogP contribution < -0.4 is 5.32 Å². The smallest absolute Gasteiger partial charge is 0.230 e. The predicted molar refractivity (Wildman–Crippen MR) is 94.1 cm³/mol. The van der Waals surface area contributed by atoms with Crippen LogP contribution in [0.25, 0.3) is 10.7 Å². The molecule has 4 nitrogen and oxygen atoms in total. The molecule has 0 fully saturated rings. The number of hydrogen-bond donors (Lipinski definition) is 1. The molecular formula is C16H11Cl2N3OS. The van der Waals surface area contributed by atoms with Gasteiger partial charge >= 0.3 is 0 Å². The van der Waals surface area contributed by atoms with Gasteiger partial charge in [-0.05, 0) is 30.3 Å². The third-order valence-corrected chi connectivity index (χ3v) is 4.63. The zero-order valence-electron chi connectivity index (χ0n) is 11.8. The predicted octanol–water partition coefficient (Wildman–Crippen LogP) is 4.69. The molecule has 0 bridgehead atoms. The third kappa shape index (κ3) is 4.07. The highest BCUT2D eigenvalue weighted by Gasteiger charge is 2.10. The van der Waals surface area contributed by atoms with E-state index in [1.807, 2.05) is 23.6 Å². The van der Waals surface area contributed by atoms with E-state index in [0.29, 0.717) is 21.4 Å². The van der Waals surface area contributed by atoms with Crippen molar-refractivity contribution in [2.75, 3.05) is 5.32 Å². The molecule has 0 aliphatic heterocycles. The van der Waals surface area contributed by atoms with E-state index in [4.69, 9.17) is 23.2 Å². The zero-order valence-corrected chi connectivity index (χ0v) is 14.1. The van der Waals surface area contributed by atoms with Crippen LogP contribution in [0.1, 0.15) is 5.69 Å². The number of nitrogens with one attached hydrogen (secondary N) is 1. The van der Waals surface area contributed by atoms with Crippen LogP contribution in [0.2, 0.25) is 10.0 Å². The summed E-state index contributed by atoms with van der Waals surface area (Å²) >= 11 is 13.2. The van der Waals surface area contributed by atoms with Crippen LogP contribution in [0.15, 0.2) is 48.0 Å². The number of nitrogens with zero attached hydrogens (tertiary/aromatic N) is 2. The summed E-state index contributed by atoms with van der Waals surface area (Å²) in [5.41, 5.74) is 2.10. The fourth-order valence-electron chi connectivity index (χ4n) is 1.94. The van der Waals surface area contributed by atoms with Crippen molar-refractivity contribution < 1.29 is 4.79 Å². The summed E-state index contributed by atoms with van der Waals surface area (Å²) in [5, 5.41) is 6.28. The minimum absolute atomic E-state index is 0.166. The highest BCUT2D eigenvalue weighted by molar-refractivity contribution is 7.13. The maximum absolute atomic E-state index is 12.1. The molecule has 1 N–H and O–H groups in total. The van der Waals surface area contributed by atoms with E-state index < -0.39 is 0 Å². The molecule has 0 radical (unpaired) electrons. The van der Waals surface area contributed by atoms with Crippen molar-refractivity contribution in [3.63, 3.8) is 0 Å². The Hall–Kier alpha value is -1.95. The highest BCUT2D eigenvalue weighted by atomic mass is 35.5. The second kappa shape index (κ2) is 7.08. The first kappa shape index (κ1) is 15.9. The molecule has 0 atom stereocenters. The molecular weight excluding hydrogens is 353 g/mol. The van der Waals surface area contributed by atoms with Crippen molar-refractivity contribution in [1.29, 1.82) is 0 Å². The summed E-state index contributed by atoms with van der Waals surface area (Å²) in [5.74, 6) is -0.166. The summed E-state index contributed by atoms with van der Waals surface area (Å²) in [6.07, 6.45) is 1.90. The summed E-state index contributed by atoms with van der Waals surface area (Å²) in [4.78, 5) is 20.8. The second-order valence-electron chi connectivity index (χ2n) is 4.71. The van der Waals surface area contributed by atoms with E-state index in [9.17, 15) is 4.79 Å². The number of rotatable bonds is 4. The maximum atomic E-state index is 12.1. The number of aromatic nitrogens is 2. The van der Waals surface area contributed by atoms with Gasteiger partial charge in [-0.15, -0.1) is 11.3 Å². The number of thiazole rings is 1. The Kier molecular flexibility index (Phi) is 4.91. The van der Waals surface area contributed by atoms with Gasteiger partial charge in [0.2, 0.25) is 5.91 Å². The highest BCUT2D eigenvalue weighted by Crippen LogP contribution is 2.25. The average molecular weight is 364 g/mol. The first-order valence-corrected chi connectivity index (χ1v) is 8.36. The number of amides is 1. The molecule has 0 spiro atoms. The van der Waals surface area contributed by atoms with Crippen LogP contribution in [0.3, 0.4) is 0 Å². The lowest BCUT2D eigenvalue weighted by molar-refractivity contribution is -0.115. The van der Waals surface area contributed by atoms with Gasteiger partial charge in [-0.25, -0.2) is 4.98 Å². The second-order valence-corrected chi connectivity index (χ2v) is 6.39. The monoisotopic (exact) mass is 363 g/mol. The number of hydrogen-bond acceptors (Lipinski definition) is 4. The number of halogens is 2. The summed E-state index contributed by atoms with van der Waals surface area (Å²) in [7, 11) is 0. The Bertz CT molecular complexity index is 836. The van der Waals surface area contributed by atoms with Gasteiger partial charge in [-0.3, -0.25) is 9.78 Å². The number of carbonyl (C=O) groups is 1. The molecule has 0 aliphatic rings. The van der Waals surface area contributed by atoms with Crippen LogP contribution in [-0.4, -0.2) is 15.9 Å². The van der Waals surface area contributed by atoms with Gasteiger partial charge in [-0.2, -0.15) is 0 Å². The summed E-state index contributed by atoms with van der Waals surface area (Å²) < 4.78 is 0. The van der Waals surface area contributed by atoms with Crippen molar-refractivity contribution in [3.05, 3.63) is 63.7 Å². The first-order valence-electron chi connectivity index (χ1n) is 6.72. The van der Waals surface area contributed by atoms with Gasteiger partial charge in [0.25, 0.3) is 0 Å². The van der Waals surface area contributed by atoms with E-state index in [-0.39, 0.29) is 12.3 Å². The van der Waals surface area contributed by atoms with Crippen LogP contribution in [0.5, 0.6) is 0 Å². The lowest BCUT2D eigenvalue weighted by Crippen LogP contribution is -2.14. The Balaban J connectivity index is 1.66. The molecule has 3 rings (SSSR count). The minimum atomic E-state index is -0.166. The Labute approximate surface area is 147 Å². The zero-order chi connectivity index (χ0) is 16.2. The Morgan fingerprint density at radius 2 is 2.04 bits per heavy atom. The summed E-state index contributed by atoms with van der Waals surface area (Å²) in [6, 6.07) is 10.6. The maximum Gasteiger partial charge on any atom is 0.230 e. The molecule has 2 aromatic heterocycles. The SMILES string of the molecule is O=C(Cc1csc(-c2ccccn2)n1)Nc1ccc(Cl)c(Cl)c1. The van der Waals surface area contributed by atoms with E-state index in [1.165, 1.54) is 11.3 Å². The fourth-order valence-corrected chi connectivity index (χ4v) is 3.03. The quantitative estimate of drug-likeness (QED) is 0.731. The minimum Gasteiger partial charge on any atom is -0.326 e. The number of benzene rings is 1. The third-order valence-electron chi connectivity index (χ3n) is 2.98. The molecule has 0 saturated heterocycles. The van der Waals surface area contributed by atoms with E-state index in [1.54, 1.807) is 24.4 Å². The van der Waals surface area contributed by atoms with Gasteiger partial charge in [0.05, 0.1) is 27.9 Å². The number of carbonyl (C=O) groups excluding carboxylic acids is 1. The van der Waals surface area contributed by atoms with E-state index in [2.05, 4.69) is 15.3 Å².